The number of nitrogens with one attached hydrogen (secondary N) is 2. The molecule has 1 aliphatic heterocycles. The van der Waals surface area contributed by atoms with Crippen molar-refractivity contribution >= 4 is 28.2 Å². The van der Waals surface area contributed by atoms with Gasteiger partial charge in [0.05, 0.1) is 5.56 Å². The van der Waals surface area contributed by atoms with Crippen LogP contribution in [0.2, 0.25) is 0 Å². The topological polar surface area (TPSA) is 99.6 Å². The Balaban J connectivity index is 1.29. The maximum Gasteiger partial charge on any atom is 0.347 e. The lowest BCUT2D eigenvalue weighted by molar-refractivity contribution is 0.0675. The van der Waals surface area contributed by atoms with Crippen LogP contribution in [0.1, 0.15) is 33.6 Å². The number of H-pyrrole nitrogens is 1. The van der Waals surface area contributed by atoms with E-state index in [1.807, 2.05) is 42.5 Å². The summed E-state index contributed by atoms with van der Waals surface area (Å²) < 4.78 is 1.32. The fraction of sp³-hybridized carbons (Fsp3) is 0.217. The van der Waals surface area contributed by atoms with E-state index < -0.39 is 0 Å². The monoisotopic (exact) mass is 415 g/mol. The zero-order valence-electron chi connectivity index (χ0n) is 16.7. The van der Waals surface area contributed by atoms with Crippen molar-refractivity contribution in [3.05, 3.63) is 82.4 Å². The lowest BCUT2D eigenvalue weighted by Gasteiger charge is -2.33. The number of carbonyl (C=O) groups excluding carboxylic acids is 2. The molecule has 1 aliphatic rings. The van der Waals surface area contributed by atoms with Gasteiger partial charge >= 0.3 is 5.69 Å². The largest absolute Gasteiger partial charge is 0.348 e. The minimum Gasteiger partial charge on any atom is -0.348 e. The first-order valence-electron chi connectivity index (χ1n) is 10.2. The second-order valence-electron chi connectivity index (χ2n) is 7.80. The van der Waals surface area contributed by atoms with Crippen LogP contribution in [0.4, 0.5) is 0 Å². The number of carbonyl (C=O) groups is 2. The van der Waals surface area contributed by atoms with E-state index in [9.17, 15) is 14.4 Å². The van der Waals surface area contributed by atoms with E-state index in [4.69, 9.17) is 0 Å². The number of nitrogens with zero attached hydrogens (tertiary/aromatic N) is 3. The molecule has 0 spiro atoms. The summed E-state index contributed by atoms with van der Waals surface area (Å²) in [7, 11) is 0. The number of fused-ring (bicyclic) bond motifs is 2. The molecule has 3 heterocycles. The highest BCUT2D eigenvalue weighted by Crippen LogP contribution is 2.18. The van der Waals surface area contributed by atoms with Crippen LogP contribution >= 0.6 is 0 Å². The number of piperidine rings is 1. The van der Waals surface area contributed by atoms with Crippen LogP contribution in [0.5, 0.6) is 0 Å². The van der Waals surface area contributed by atoms with Crippen molar-refractivity contribution < 1.29 is 9.59 Å². The van der Waals surface area contributed by atoms with Gasteiger partial charge in [0.1, 0.15) is 0 Å². The lowest BCUT2D eigenvalue weighted by Crippen LogP contribution is -2.49. The maximum absolute atomic E-state index is 13.0. The molecule has 0 aliphatic carbocycles. The van der Waals surface area contributed by atoms with Crippen molar-refractivity contribution in [1.82, 2.24) is 24.8 Å². The second-order valence-corrected chi connectivity index (χ2v) is 7.80. The fourth-order valence-electron chi connectivity index (χ4n) is 4.09. The van der Waals surface area contributed by atoms with Gasteiger partial charge in [-0.2, -0.15) is 5.10 Å². The summed E-state index contributed by atoms with van der Waals surface area (Å²) in [5.74, 6) is -0.309. The van der Waals surface area contributed by atoms with Crippen molar-refractivity contribution in [1.29, 1.82) is 0 Å². The first-order valence-corrected chi connectivity index (χ1v) is 10.2. The molecule has 8 heteroatoms. The van der Waals surface area contributed by atoms with Gasteiger partial charge in [-0.1, -0.05) is 30.3 Å². The molecule has 2 aromatic heterocycles. The molecule has 1 unspecified atom stereocenters. The number of aromatic amines is 1. The highest BCUT2D eigenvalue weighted by atomic mass is 16.2. The predicted octanol–water partition coefficient (Wildman–Crippen LogP) is 2.21. The van der Waals surface area contributed by atoms with Gasteiger partial charge in [-0.3, -0.25) is 9.59 Å². The van der Waals surface area contributed by atoms with E-state index in [2.05, 4.69) is 15.5 Å². The lowest BCUT2D eigenvalue weighted by atomic mass is 10.0. The highest BCUT2D eigenvalue weighted by molar-refractivity contribution is 5.99. The number of rotatable bonds is 3. The van der Waals surface area contributed by atoms with Crippen molar-refractivity contribution in [2.45, 2.75) is 18.9 Å². The Bertz CT molecular complexity index is 1360. The molecule has 0 bridgehead atoms. The summed E-state index contributed by atoms with van der Waals surface area (Å²) in [5, 5.41) is 11.4. The Kier molecular flexibility index (Phi) is 4.74. The number of aromatic nitrogens is 3. The Morgan fingerprint density at radius 1 is 1.03 bits per heavy atom. The average molecular weight is 415 g/mol. The molecule has 5 rings (SSSR count). The van der Waals surface area contributed by atoms with Gasteiger partial charge in [0.2, 0.25) is 0 Å². The van der Waals surface area contributed by atoms with Crippen LogP contribution in [0, 0.1) is 0 Å². The normalized spacial score (nSPS) is 16.5. The molecular formula is C23H21N5O3. The third-order valence-electron chi connectivity index (χ3n) is 5.71. The molecule has 2 N–H and O–H groups in total. The quantitative estimate of drug-likeness (QED) is 0.536. The van der Waals surface area contributed by atoms with Gasteiger partial charge in [-0.15, -0.1) is 0 Å². The van der Waals surface area contributed by atoms with Gasteiger partial charge in [0.25, 0.3) is 11.8 Å². The van der Waals surface area contributed by atoms with E-state index in [1.54, 1.807) is 17.0 Å². The highest BCUT2D eigenvalue weighted by Gasteiger charge is 2.26. The number of hydrogen-bond acceptors (Lipinski definition) is 4. The number of hydrogen-bond donors (Lipinski definition) is 2. The first kappa shape index (κ1) is 19.0. The Morgan fingerprint density at radius 2 is 1.84 bits per heavy atom. The van der Waals surface area contributed by atoms with E-state index in [0.717, 1.165) is 23.6 Å². The van der Waals surface area contributed by atoms with E-state index in [0.29, 0.717) is 29.9 Å². The Morgan fingerprint density at radius 3 is 2.71 bits per heavy atom. The molecular weight excluding hydrogens is 394 g/mol. The van der Waals surface area contributed by atoms with E-state index in [-0.39, 0.29) is 23.5 Å². The molecule has 4 aromatic rings. The summed E-state index contributed by atoms with van der Waals surface area (Å²) >= 11 is 0. The van der Waals surface area contributed by atoms with Crippen molar-refractivity contribution in [3.63, 3.8) is 0 Å². The second kappa shape index (κ2) is 7.71. The van der Waals surface area contributed by atoms with Crippen LogP contribution in [0.25, 0.3) is 16.4 Å². The smallest absolute Gasteiger partial charge is 0.347 e. The molecule has 0 saturated carbocycles. The fourth-order valence-corrected chi connectivity index (χ4v) is 4.09. The predicted molar refractivity (Wildman–Crippen MR) is 116 cm³/mol. The van der Waals surface area contributed by atoms with Crippen LogP contribution in [0.3, 0.4) is 0 Å². The number of benzene rings is 2. The zero-order chi connectivity index (χ0) is 21.4. The van der Waals surface area contributed by atoms with Crippen molar-refractivity contribution in [3.8, 4) is 0 Å². The first-order chi connectivity index (χ1) is 15.1. The molecule has 1 saturated heterocycles. The van der Waals surface area contributed by atoms with Gasteiger partial charge in [0.15, 0.2) is 5.65 Å². The summed E-state index contributed by atoms with van der Waals surface area (Å²) in [5.41, 5.74) is 1.09. The van der Waals surface area contributed by atoms with E-state index in [1.165, 1.54) is 10.6 Å². The molecule has 2 aromatic carbocycles. The minimum absolute atomic E-state index is 0.128. The number of pyridine rings is 1. The maximum atomic E-state index is 13.0. The minimum atomic E-state index is -0.385. The molecule has 0 radical (unpaired) electrons. The third-order valence-corrected chi connectivity index (χ3v) is 5.71. The summed E-state index contributed by atoms with van der Waals surface area (Å²) in [6.07, 6.45) is 3.10. The molecule has 156 valence electrons. The van der Waals surface area contributed by atoms with Crippen LogP contribution in [0.15, 0.2) is 65.6 Å². The molecule has 8 nitrogen and oxygen atoms in total. The Hall–Kier alpha value is -3.94. The number of likely N-dealkylation sites (tertiary alicyclic amines) is 1. The average Bonchev–Trinajstić information content (AvgIpc) is 3.18. The molecule has 31 heavy (non-hydrogen) atoms. The molecule has 2 amide bonds. The van der Waals surface area contributed by atoms with Gasteiger partial charge in [-0.25, -0.2) is 14.3 Å². The molecule has 1 fully saturated rings. The van der Waals surface area contributed by atoms with Gasteiger partial charge in [-0.05, 0) is 47.9 Å². The van der Waals surface area contributed by atoms with Crippen LogP contribution < -0.4 is 11.0 Å². The van der Waals surface area contributed by atoms with Crippen LogP contribution in [-0.2, 0) is 0 Å². The zero-order valence-corrected chi connectivity index (χ0v) is 16.7. The summed E-state index contributed by atoms with van der Waals surface area (Å²) in [6, 6.07) is 16.7. The van der Waals surface area contributed by atoms with Gasteiger partial charge < -0.3 is 10.2 Å². The molecule has 1 atom stereocenters. The number of amides is 2. The third kappa shape index (κ3) is 3.68. The van der Waals surface area contributed by atoms with Crippen LogP contribution in [-0.4, -0.2) is 50.4 Å². The van der Waals surface area contributed by atoms with E-state index >= 15 is 0 Å². The SMILES string of the molecule is O=C(NC1CCCN(C(=O)c2ccc3n[nH]c(=O)n3c2)C1)c1ccc2ccccc2c1. The standard InChI is InChI=1S/C23H21N5O3/c29-21(17-8-7-15-4-1-2-5-16(15)12-17)24-19-6-3-11-27(14-19)22(30)18-9-10-20-25-26-23(31)28(20)13-18/h1-2,4-5,7-10,12-13,19H,3,6,11,14H2,(H,24,29)(H,26,31). The van der Waals surface area contributed by atoms with Gasteiger partial charge in [0, 0.05) is 30.9 Å². The Labute approximate surface area is 177 Å². The summed E-state index contributed by atoms with van der Waals surface area (Å²) in [6.45, 7) is 1.04. The van der Waals surface area contributed by atoms with Crippen molar-refractivity contribution in [2.75, 3.05) is 13.1 Å². The summed E-state index contributed by atoms with van der Waals surface area (Å²) in [4.78, 5) is 39.3. The van der Waals surface area contributed by atoms with Crippen molar-refractivity contribution in [2.24, 2.45) is 0 Å².